The van der Waals surface area contributed by atoms with Crippen LogP contribution in [0.5, 0.6) is 0 Å². The molecule has 0 aliphatic rings. The van der Waals surface area contributed by atoms with Crippen molar-refractivity contribution in [1.82, 2.24) is 0 Å². The molecule has 0 heterocycles. The van der Waals surface area contributed by atoms with Crippen LogP contribution in [0.4, 0.5) is 11.4 Å². The molecule has 0 fully saturated rings. The minimum absolute atomic E-state index is 0.0681. The minimum atomic E-state index is -1.20. The first-order chi connectivity index (χ1) is 11.0. The summed E-state index contributed by atoms with van der Waals surface area (Å²) in [6.07, 6.45) is 0.230. The van der Waals surface area contributed by atoms with E-state index in [2.05, 4.69) is 5.32 Å². The van der Waals surface area contributed by atoms with Crippen molar-refractivity contribution < 1.29 is 19.6 Å². The number of aromatic carboxylic acids is 1. The summed E-state index contributed by atoms with van der Waals surface area (Å²) in [5.41, 5.74) is 0.0596. The lowest BCUT2D eigenvalue weighted by Crippen LogP contribution is -2.16. The smallest absolute Gasteiger partial charge is 0.336 e. The van der Waals surface area contributed by atoms with E-state index in [9.17, 15) is 24.8 Å². The molecule has 0 atom stereocenters. The number of carboxylic acids is 1. The molecule has 2 aromatic rings. The molecule has 0 saturated heterocycles. The quantitative estimate of drug-likeness (QED) is 0.651. The van der Waals surface area contributed by atoms with Crippen molar-refractivity contribution in [2.45, 2.75) is 13.3 Å². The standard InChI is InChI=1S/C16H14N2O5/c1-2-11-12(16(20)21)8-9-13(18(22)23)14(11)17-15(19)10-6-4-3-5-7-10/h3-9H,2H2,1H3,(H,17,19)(H,20,21). The summed E-state index contributed by atoms with van der Waals surface area (Å²) in [4.78, 5) is 34.1. The average molecular weight is 314 g/mol. The third-order valence-corrected chi connectivity index (χ3v) is 3.35. The Morgan fingerprint density at radius 2 is 1.83 bits per heavy atom. The number of amides is 1. The van der Waals surface area contributed by atoms with Crippen LogP contribution in [-0.4, -0.2) is 21.9 Å². The number of carboxylic acid groups (broad SMARTS) is 1. The SMILES string of the molecule is CCc1c(C(=O)O)ccc([N+](=O)[O-])c1NC(=O)c1ccccc1. The van der Waals surface area contributed by atoms with Gasteiger partial charge >= 0.3 is 5.97 Å². The van der Waals surface area contributed by atoms with Gasteiger partial charge < -0.3 is 10.4 Å². The fourth-order valence-corrected chi connectivity index (χ4v) is 2.27. The minimum Gasteiger partial charge on any atom is -0.478 e. The zero-order valence-electron chi connectivity index (χ0n) is 12.3. The van der Waals surface area contributed by atoms with Crippen molar-refractivity contribution in [2.24, 2.45) is 0 Å². The zero-order valence-corrected chi connectivity index (χ0v) is 12.3. The van der Waals surface area contributed by atoms with Crippen molar-refractivity contribution in [3.63, 3.8) is 0 Å². The van der Waals surface area contributed by atoms with Crippen molar-refractivity contribution in [3.05, 3.63) is 69.3 Å². The first-order valence-corrected chi connectivity index (χ1v) is 6.85. The highest BCUT2D eigenvalue weighted by Crippen LogP contribution is 2.32. The van der Waals surface area contributed by atoms with Crippen LogP contribution in [0.25, 0.3) is 0 Å². The van der Waals surface area contributed by atoms with Gasteiger partial charge in [-0.25, -0.2) is 4.79 Å². The first-order valence-electron chi connectivity index (χ1n) is 6.85. The van der Waals surface area contributed by atoms with Crippen LogP contribution in [0.2, 0.25) is 0 Å². The Hall–Kier alpha value is -3.22. The lowest BCUT2D eigenvalue weighted by atomic mass is 10.0. The highest BCUT2D eigenvalue weighted by atomic mass is 16.6. The second-order valence-electron chi connectivity index (χ2n) is 4.72. The zero-order chi connectivity index (χ0) is 17.0. The molecule has 0 aliphatic carbocycles. The van der Waals surface area contributed by atoms with Crippen LogP contribution in [0, 0.1) is 10.1 Å². The molecule has 0 saturated carbocycles. The van der Waals surface area contributed by atoms with E-state index in [4.69, 9.17) is 0 Å². The Labute approximate surface area is 131 Å². The van der Waals surface area contributed by atoms with Gasteiger partial charge in [0, 0.05) is 11.6 Å². The van der Waals surface area contributed by atoms with E-state index in [-0.39, 0.29) is 28.9 Å². The van der Waals surface area contributed by atoms with Gasteiger partial charge in [0.15, 0.2) is 0 Å². The third-order valence-electron chi connectivity index (χ3n) is 3.35. The van der Waals surface area contributed by atoms with Gasteiger partial charge in [-0.05, 0) is 30.2 Å². The predicted molar refractivity (Wildman–Crippen MR) is 83.8 cm³/mol. The van der Waals surface area contributed by atoms with Crippen molar-refractivity contribution in [2.75, 3.05) is 5.32 Å². The van der Waals surface area contributed by atoms with Gasteiger partial charge in [0.05, 0.1) is 10.5 Å². The van der Waals surface area contributed by atoms with E-state index in [1.807, 2.05) is 0 Å². The van der Waals surface area contributed by atoms with Gasteiger partial charge in [-0.1, -0.05) is 25.1 Å². The maximum Gasteiger partial charge on any atom is 0.336 e. The van der Waals surface area contributed by atoms with E-state index in [0.29, 0.717) is 5.56 Å². The number of nitro benzene ring substituents is 1. The van der Waals surface area contributed by atoms with Crippen molar-refractivity contribution in [1.29, 1.82) is 0 Å². The fraction of sp³-hybridized carbons (Fsp3) is 0.125. The van der Waals surface area contributed by atoms with Gasteiger partial charge in [-0.2, -0.15) is 0 Å². The molecule has 0 aliphatic heterocycles. The maximum absolute atomic E-state index is 12.3. The topological polar surface area (TPSA) is 110 Å². The number of hydrogen-bond donors (Lipinski definition) is 2. The van der Waals surface area contributed by atoms with Crippen LogP contribution in [0.3, 0.4) is 0 Å². The summed E-state index contributed by atoms with van der Waals surface area (Å²) in [5, 5.41) is 22.9. The number of nitrogens with one attached hydrogen (secondary N) is 1. The molecule has 0 bridgehead atoms. The molecule has 23 heavy (non-hydrogen) atoms. The number of nitrogens with zero attached hydrogens (tertiary/aromatic N) is 1. The highest BCUT2D eigenvalue weighted by molar-refractivity contribution is 6.07. The van der Waals surface area contributed by atoms with Crippen LogP contribution >= 0.6 is 0 Å². The number of carbonyl (C=O) groups is 2. The molecule has 0 spiro atoms. The number of anilines is 1. The molecule has 2 N–H and O–H groups in total. The predicted octanol–water partition coefficient (Wildman–Crippen LogP) is 3.11. The summed E-state index contributed by atoms with van der Waals surface area (Å²) >= 11 is 0. The number of carbonyl (C=O) groups excluding carboxylic acids is 1. The third kappa shape index (κ3) is 3.34. The summed E-state index contributed by atoms with van der Waals surface area (Å²) in [7, 11) is 0. The van der Waals surface area contributed by atoms with E-state index in [1.54, 1.807) is 37.3 Å². The first kappa shape index (κ1) is 16.2. The molecule has 0 radical (unpaired) electrons. The van der Waals surface area contributed by atoms with Gasteiger partial charge in [0.2, 0.25) is 0 Å². The lowest BCUT2D eigenvalue weighted by molar-refractivity contribution is -0.384. The number of benzene rings is 2. The molecule has 0 unspecified atom stereocenters. The number of rotatable bonds is 5. The van der Waals surface area contributed by atoms with Crippen LogP contribution in [-0.2, 0) is 6.42 Å². The molecule has 2 aromatic carbocycles. The van der Waals surface area contributed by atoms with Gasteiger partial charge in [0.25, 0.3) is 11.6 Å². The second kappa shape index (κ2) is 6.69. The Bertz CT molecular complexity index is 772. The molecule has 7 nitrogen and oxygen atoms in total. The highest BCUT2D eigenvalue weighted by Gasteiger charge is 2.24. The van der Waals surface area contributed by atoms with Crippen LogP contribution < -0.4 is 5.32 Å². The summed E-state index contributed by atoms with van der Waals surface area (Å²) in [6.45, 7) is 1.67. The molecular formula is C16H14N2O5. The summed E-state index contributed by atoms with van der Waals surface area (Å²) < 4.78 is 0. The normalized spacial score (nSPS) is 10.1. The second-order valence-corrected chi connectivity index (χ2v) is 4.72. The Morgan fingerprint density at radius 3 is 2.35 bits per heavy atom. The van der Waals surface area contributed by atoms with Crippen molar-refractivity contribution >= 4 is 23.3 Å². The summed E-state index contributed by atoms with van der Waals surface area (Å²) in [5.74, 6) is -1.74. The molecular weight excluding hydrogens is 300 g/mol. The Kier molecular flexibility index (Phi) is 4.70. The average Bonchev–Trinajstić information content (AvgIpc) is 2.54. The molecule has 1 amide bonds. The van der Waals surface area contributed by atoms with Gasteiger partial charge in [-0.3, -0.25) is 14.9 Å². The van der Waals surface area contributed by atoms with E-state index >= 15 is 0 Å². The Morgan fingerprint density at radius 1 is 1.17 bits per heavy atom. The van der Waals surface area contributed by atoms with Gasteiger partial charge in [0.1, 0.15) is 5.69 Å². The Balaban J connectivity index is 2.54. The molecule has 118 valence electrons. The lowest BCUT2D eigenvalue weighted by Gasteiger charge is -2.13. The van der Waals surface area contributed by atoms with Crippen LogP contribution in [0.1, 0.15) is 33.2 Å². The largest absolute Gasteiger partial charge is 0.478 e. The molecule has 2 rings (SSSR count). The van der Waals surface area contributed by atoms with E-state index in [1.165, 1.54) is 6.07 Å². The van der Waals surface area contributed by atoms with Gasteiger partial charge in [-0.15, -0.1) is 0 Å². The van der Waals surface area contributed by atoms with E-state index in [0.717, 1.165) is 6.07 Å². The molecule has 7 heteroatoms. The van der Waals surface area contributed by atoms with Crippen LogP contribution in [0.15, 0.2) is 42.5 Å². The number of hydrogen-bond acceptors (Lipinski definition) is 4. The van der Waals surface area contributed by atoms with E-state index < -0.39 is 16.8 Å². The number of nitro groups is 1. The van der Waals surface area contributed by atoms with Crippen molar-refractivity contribution in [3.8, 4) is 0 Å². The monoisotopic (exact) mass is 314 g/mol. The summed E-state index contributed by atoms with van der Waals surface area (Å²) in [6, 6.07) is 10.5. The maximum atomic E-state index is 12.3. The fourth-order valence-electron chi connectivity index (χ4n) is 2.27. The molecule has 0 aromatic heterocycles.